The SMILES string of the molecule is CC(C)Cc1ccc(-c2cccc(F)c2F)cc1. The van der Waals surface area contributed by atoms with Crippen LogP contribution in [0.15, 0.2) is 42.5 Å². The molecule has 2 heteroatoms. The van der Waals surface area contributed by atoms with Gasteiger partial charge < -0.3 is 0 Å². The highest BCUT2D eigenvalue weighted by atomic mass is 19.2. The molecule has 0 amide bonds. The summed E-state index contributed by atoms with van der Waals surface area (Å²) in [5.41, 5.74) is 2.23. The number of hydrogen-bond acceptors (Lipinski definition) is 0. The lowest BCUT2D eigenvalue weighted by Gasteiger charge is -2.07. The Hall–Kier alpha value is -1.70. The molecule has 94 valence electrons. The summed E-state index contributed by atoms with van der Waals surface area (Å²) in [5.74, 6) is -1.00. The van der Waals surface area contributed by atoms with E-state index in [9.17, 15) is 8.78 Å². The fraction of sp³-hybridized carbons (Fsp3) is 0.250. The summed E-state index contributed by atoms with van der Waals surface area (Å²) in [7, 11) is 0. The minimum atomic E-state index is -0.807. The van der Waals surface area contributed by atoms with Gasteiger partial charge in [-0.3, -0.25) is 0 Å². The molecule has 0 atom stereocenters. The van der Waals surface area contributed by atoms with Gasteiger partial charge in [-0.1, -0.05) is 50.2 Å². The molecule has 0 fully saturated rings. The molecular weight excluding hydrogens is 230 g/mol. The lowest BCUT2D eigenvalue weighted by atomic mass is 9.99. The van der Waals surface area contributed by atoms with Crippen LogP contribution in [0, 0.1) is 17.6 Å². The molecule has 2 aromatic carbocycles. The first kappa shape index (κ1) is 12.7. The second-order valence-electron chi connectivity index (χ2n) is 4.90. The normalized spacial score (nSPS) is 10.9. The molecule has 0 heterocycles. The summed E-state index contributed by atoms with van der Waals surface area (Å²) in [4.78, 5) is 0. The molecule has 0 aromatic heterocycles. The summed E-state index contributed by atoms with van der Waals surface area (Å²) in [6, 6.07) is 11.9. The van der Waals surface area contributed by atoms with Crippen molar-refractivity contribution in [3.05, 3.63) is 59.7 Å². The van der Waals surface area contributed by atoms with Crippen LogP contribution in [0.3, 0.4) is 0 Å². The Morgan fingerprint density at radius 1 is 0.944 bits per heavy atom. The highest BCUT2D eigenvalue weighted by Gasteiger charge is 2.09. The smallest absolute Gasteiger partial charge is 0.166 e. The third-order valence-corrected chi connectivity index (χ3v) is 2.86. The van der Waals surface area contributed by atoms with Crippen LogP contribution < -0.4 is 0 Å². The van der Waals surface area contributed by atoms with E-state index >= 15 is 0 Å². The standard InChI is InChI=1S/C16H16F2/c1-11(2)10-12-6-8-13(9-7-12)14-4-3-5-15(17)16(14)18/h3-9,11H,10H2,1-2H3. The Morgan fingerprint density at radius 3 is 2.22 bits per heavy atom. The van der Waals surface area contributed by atoms with Crippen molar-refractivity contribution in [3.63, 3.8) is 0 Å². The van der Waals surface area contributed by atoms with Crippen molar-refractivity contribution in [2.45, 2.75) is 20.3 Å². The van der Waals surface area contributed by atoms with Gasteiger partial charge >= 0.3 is 0 Å². The maximum absolute atomic E-state index is 13.6. The van der Waals surface area contributed by atoms with Gasteiger partial charge in [0, 0.05) is 5.56 Å². The van der Waals surface area contributed by atoms with Crippen molar-refractivity contribution in [2.24, 2.45) is 5.92 Å². The molecule has 0 bridgehead atoms. The van der Waals surface area contributed by atoms with E-state index in [4.69, 9.17) is 0 Å². The van der Waals surface area contributed by atoms with Gasteiger partial charge in [-0.15, -0.1) is 0 Å². The average Bonchev–Trinajstić information content (AvgIpc) is 2.33. The third-order valence-electron chi connectivity index (χ3n) is 2.86. The summed E-state index contributed by atoms with van der Waals surface area (Å²) < 4.78 is 26.8. The average molecular weight is 246 g/mol. The molecule has 0 saturated carbocycles. The van der Waals surface area contributed by atoms with Crippen LogP contribution in [0.1, 0.15) is 19.4 Å². The largest absolute Gasteiger partial charge is 0.204 e. The van der Waals surface area contributed by atoms with E-state index in [0.717, 1.165) is 12.5 Å². The molecule has 0 saturated heterocycles. The maximum atomic E-state index is 13.6. The second kappa shape index (κ2) is 5.30. The Kier molecular flexibility index (Phi) is 3.75. The summed E-state index contributed by atoms with van der Waals surface area (Å²) in [5, 5.41) is 0. The first-order valence-corrected chi connectivity index (χ1v) is 6.11. The Bertz CT molecular complexity index is 527. The van der Waals surface area contributed by atoms with Crippen molar-refractivity contribution in [2.75, 3.05) is 0 Å². The fourth-order valence-corrected chi connectivity index (χ4v) is 2.02. The summed E-state index contributed by atoms with van der Waals surface area (Å²) in [6.45, 7) is 4.31. The highest BCUT2D eigenvalue weighted by molar-refractivity contribution is 5.64. The predicted molar refractivity (Wildman–Crippen MR) is 70.3 cm³/mol. The van der Waals surface area contributed by atoms with Crippen molar-refractivity contribution in [1.29, 1.82) is 0 Å². The van der Waals surface area contributed by atoms with E-state index in [1.807, 2.05) is 24.3 Å². The van der Waals surface area contributed by atoms with Gasteiger partial charge in [0.2, 0.25) is 0 Å². The molecule has 0 aliphatic rings. The summed E-state index contributed by atoms with van der Waals surface area (Å²) in [6.07, 6.45) is 0.992. The highest BCUT2D eigenvalue weighted by Crippen LogP contribution is 2.25. The molecule has 0 N–H and O–H groups in total. The topological polar surface area (TPSA) is 0 Å². The lowest BCUT2D eigenvalue weighted by molar-refractivity contribution is 0.511. The monoisotopic (exact) mass is 246 g/mol. The van der Waals surface area contributed by atoms with E-state index in [1.165, 1.54) is 11.6 Å². The Morgan fingerprint density at radius 2 is 1.61 bits per heavy atom. The van der Waals surface area contributed by atoms with Gasteiger partial charge in [-0.2, -0.15) is 0 Å². The molecule has 0 aliphatic heterocycles. The van der Waals surface area contributed by atoms with Crippen LogP contribution in [0.4, 0.5) is 8.78 Å². The number of benzene rings is 2. The number of rotatable bonds is 3. The fourth-order valence-electron chi connectivity index (χ4n) is 2.02. The molecule has 0 nitrogen and oxygen atoms in total. The van der Waals surface area contributed by atoms with E-state index in [2.05, 4.69) is 13.8 Å². The van der Waals surface area contributed by atoms with Gasteiger partial charge in [0.1, 0.15) is 0 Å². The molecule has 18 heavy (non-hydrogen) atoms. The van der Waals surface area contributed by atoms with Gasteiger partial charge in [-0.25, -0.2) is 8.78 Å². The van der Waals surface area contributed by atoms with Gasteiger partial charge in [0.25, 0.3) is 0 Å². The van der Waals surface area contributed by atoms with E-state index in [-0.39, 0.29) is 0 Å². The molecule has 0 aliphatic carbocycles. The van der Waals surface area contributed by atoms with Crippen LogP contribution in [-0.2, 0) is 6.42 Å². The van der Waals surface area contributed by atoms with Crippen molar-refractivity contribution in [3.8, 4) is 11.1 Å². The number of hydrogen-bond donors (Lipinski definition) is 0. The van der Waals surface area contributed by atoms with Crippen molar-refractivity contribution in [1.82, 2.24) is 0 Å². The van der Waals surface area contributed by atoms with Crippen LogP contribution >= 0.6 is 0 Å². The zero-order valence-electron chi connectivity index (χ0n) is 10.6. The molecule has 2 aromatic rings. The first-order chi connectivity index (χ1) is 8.58. The van der Waals surface area contributed by atoms with Crippen LogP contribution in [0.2, 0.25) is 0 Å². The van der Waals surface area contributed by atoms with Gasteiger partial charge in [0.05, 0.1) is 0 Å². The maximum Gasteiger partial charge on any atom is 0.166 e. The van der Waals surface area contributed by atoms with Crippen LogP contribution in [0.25, 0.3) is 11.1 Å². The first-order valence-electron chi connectivity index (χ1n) is 6.11. The lowest BCUT2D eigenvalue weighted by Crippen LogP contribution is -1.94. The van der Waals surface area contributed by atoms with E-state index < -0.39 is 11.6 Å². The minimum Gasteiger partial charge on any atom is -0.204 e. The quantitative estimate of drug-likeness (QED) is 0.727. The van der Waals surface area contributed by atoms with Gasteiger partial charge in [0.15, 0.2) is 11.6 Å². The Labute approximate surface area is 106 Å². The summed E-state index contributed by atoms with van der Waals surface area (Å²) >= 11 is 0. The van der Waals surface area contributed by atoms with E-state index in [1.54, 1.807) is 6.07 Å². The van der Waals surface area contributed by atoms with Crippen LogP contribution in [0.5, 0.6) is 0 Å². The Balaban J connectivity index is 2.32. The van der Waals surface area contributed by atoms with Crippen LogP contribution in [-0.4, -0.2) is 0 Å². The van der Waals surface area contributed by atoms with Crippen molar-refractivity contribution >= 4 is 0 Å². The number of halogens is 2. The van der Waals surface area contributed by atoms with Gasteiger partial charge in [-0.05, 0) is 29.5 Å². The molecule has 0 unspecified atom stereocenters. The van der Waals surface area contributed by atoms with Crippen molar-refractivity contribution < 1.29 is 8.78 Å². The molecular formula is C16H16F2. The molecule has 2 rings (SSSR count). The zero-order chi connectivity index (χ0) is 13.1. The van der Waals surface area contributed by atoms with E-state index in [0.29, 0.717) is 17.0 Å². The minimum absolute atomic E-state index is 0.311. The predicted octanol–water partition coefficient (Wildman–Crippen LogP) is 4.83. The molecule has 0 spiro atoms. The third kappa shape index (κ3) is 2.76. The zero-order valence-corrected chi connectivity index (χ0v) is 10.6. The second-order valence-corrected chi connectivity index (χ2v) is 4.90. The molecule has 0 radical (unpaired) electrons.